The Bertz CT molecular complexity index is 1180. The molecule has 6 heteroatoms. The first-order chi connectivity index (χ1) is 14.2. The molecule has 0 aliphatic rings. The van der Waals surface area contributed by atoms with Crippen LogP contribution in [0.3, 0.4) is 0 Å². The Labute approximate surface area is 178 Å². The number of hydrogen-bond donors (Lipinski definition) is 0. The van der Waals surface area contributed by atoms with Gasteiger partial charge in [-0.2, -0.15) is 9.37 Å². The van der Waals surface area contributed by atoms with Gasteiger partial charge >= 0.3 is 0 Å². The number of rotatable bonds is 4. The Kier molecular flexibility index (Phi) is 5.98. The van der Waals surface area contributed by atoms with Crippen molar-refractivity contribution >= 4 is 34.7 Å². The Balaban J connectivity index is 1.91. The Hall–Kier alpha value is -3.02. The normalized spacial score (nSPS) is 12.3. The summed E-state index contributed by atoms with van der Waals surface area (Å²) in [7, 11) is 0. The number of hydrogen-bond acceptors (Lipinski definition) is 3. The summed E-state index contributed by atoms with van der Waals surface area (Å²) in [6.45, 7) is 2.06. The predicted octanol–water partition coefficient (Wildman–Crippen LogP) is 5.66. The van der Waals surface area contributed by atoms with E-state index < -0.39 is 0 Å². The van der Waals surface area contributed by atoms with Gasteiger partial charge in [-0.15, -0.1) is 11.6 Å². The fraction of sp³-hybridized carbons (Fsp3) is 0.0870. The first-order valence-corrected chi connectivity index (χ1v) is 10.5. The van der Waals surface area contributed by atoms with Crippen molar-refractivity contribution in [1.82, 2.24) is 8.94 Å². The molecule has 0 aliphatic heterocycles. The molecule has 0 unspecified atom stereocenters. The SMILES string of the molecule is Cc1ccc(C(=Nc2ccccc2)N=c2snc(CCl)n2-c2ccccc2)cc1. The molecule has 4 nitrogen and oxygen atoms in total. The third-order valence-corrected chi connectivity index (χ3v) is 5.30. The van der Waals surface area contributed by atoms with Crippen LogP contribution in [0.15, 0.2) is 94.9 Å². The highest BCUT2D eigenvalue weighted by Gasteiger charge is 2.11. The van der Waals surface area contributed by atoms with Gasteiger partial charge in [0.25, 0.3) is 0 Å². The molecule has 29 heavy (non-hydrogen) atoms. The van der Waals surface area contributed by atoms with Gasteiger partial charge in [0.2, 0.25) is 4.80 Å². The Morgan fingerprint density at radius 2 is 1.59 bits per heavy atom. The molecule has 1 aromatic heterocycles. The van der Waals surface area contributed by atoms with Crippen molar-refractivity contribution in [2.24, 2.45) is 9.98 Å². The number of halogens is 1. The lowest BCUT2D eigenvalue weighted by Crippen LogP contribution is -2.17. The molecule has 0 saturated carbocycles. The number of para-hydroxylation sites is 2. The fourth-order valence-electron chi connectivity index (χ4n) is 2.85. The summed E-state index contributed by atoms with van der Waals surface area (Å²) in [6.07, 6.45) is 0. The van der Waals surface area contributed by atoms with Crippen LogP contribution in [0.5, 0.6) is 0 Å². The van der Waals surface area contributed by atoms with Crippen LogP contribution in [0.25, 0.3) is 5.69 Å². The van der Waals surface area contributed by atoms with E-state index >= 15 is 0 Å². The van der Waals surface area contributed by atoms with Gasteiger partial charge in [0.1, 0.15) is 5.82 Å². The van der Waals surface area contributed by atoms with Gasteiger partial charge in [0.05, 0.1) is 11.6 Å². The van der Waals surface area contributed by atoms with Crippen LogP contribution in [0, 0.1) is 6.92 Å². The van der Waals surface area contributed by atoms with Crippen LogP contribution >= 0.6 is 23.1 Å². The number of aryl methyl sites for hydroxylation is 1. The Morgan fingerprint density at radius 3 is 2.24 bits per heavy atom. The molecule has 0 N–H and O–H groups in total. The first kappa shape index (κ1) is 19.3. The monoisotopic (exact) mass is 418 g/mol. The van der Waals surface area contributed by atoms with E-state index in [0.29, 0.717) is 11.7 Å². The highest BCUT2D eigenvalue weighted by molar-refractivity contribution is 7.02. The highest BCUT2D eigenvalue weighted by Crippen LogP contribution is 2.16. The molecule has 0 bridgehead atoms. The molecule has 0 radical (unpaired) electrons. The second kappa shape index (κ2) is 8.99. The van der Waals surface area contributed by atoms with E-state index in [2.05, 4.69) is 23.4 Å². The van der Waals surface area contributed by atoms with E-state index in [1.807, 2.05) is 77.4 Å². The Morgan fingerprint density at radius 1 is 0.931 bits per heavy atom. The lowest BCUT2D eigenvalue weighted by atomic mass is 10.1. The number of alkyl halides is 1. The van der Waals surface area contributed by atoms with Crippen molar-refractivity contribution < 1.29 is 0 Å². The third kappa shape index (κ3) is 4.53. The number of aromatic nitrogens is 2. The lowest BCUT2D eigenvalue weighted by Gasteiger charge is -2.06. The van der Waals surface area contributed by atoms with E-state index in [9.17, 15) is 0 Å². The highest BCUT2D eigenvalue weighted by atomic mass is 35.5. The quantitative estimate of drug-likeness (QED) is 0.239. The molecule has 3 aromatic carbocycles. The van der Waals surface area contributed by atoms with Crippen molar-refractivity contribution in [2.75, 3.05) is 0 Å². The van der Waals surface area contributed by atoms with E-state index in [1.54, 1.807) is 0 Å². The molecular formula is C23H19ClN4S. The van der Waals surface area contributed by atoms with Gasteiger partial charge in [-0.1, -0.05) is 66.2 Å². The van der Waals surface area contributed by atoms with Crippen LogP contribution in [-0.2, 0) is 5.88 Å². The van der Waals surface area contributed by atoms with Gasteiger partial charge < -0.3 is 0 Å². The summed E-state index contributed by atoms with van der Waals surface area (Å²) < 4.78 is 6.48. The van der Waals surface area contributed by atoms with Gasteiger partial charge in [0, 0.05) is 22.8 Å². The molecule has 0 fully saturated rings. The average Bonchev–Trinajstić information content (AvgIpc) is 3.18. The molecule has 0 spiro atoms. The molecule has 4 rings (SSSR count). The summed E-state index contributed by atoms with van der Waals surface area (Å²) in [5.41, 5.74) is 3.95. The smallest absolute Gasteiger partial charge is 0.215 e. The second-order valence-electron chi connectivity index (χ2n) is 6.43. The van der Waals surface area contributed by atoms with Crippen LogP contribution in [0.4, 0.5) is 5.69 Å². The topological polar surface area (TPSA) is 42.5 Å². The first-order valence-electron chi connectivity index (χ1n) is 9.19. The molecule has 0 saturated heterocycles. The molecule has 0 amide bonds. The number of benzene rings is 3. The van der Waals surface area contributed by atoms with Gasteiger partial charge in [0.15, 0.2) is 5.84 Å². The minimum absolute atomic E-state index is 0.302. The van der Waals surface area contributed by atoms with E-state index in [0.717, 1.165) is 27.6 Å². The zero-order chi connectivity index (χ0) is 20.1. The summed E-state index contributed by atoms with van der Waals surface area (Å²) in [5.74, 6) is 1.69. The minimum Gasteiger partial charge on any atom is -0.271 e. The minimum atomic E-state index is 0.302. The van der Waals surface area contributed by atoms with Crippen LogP contribution in [0.1, 0.15) is 17.0 Å². The zero-order valence-electron chi connectivity index (χ0n) is 15.9. The van der Waals surface area contributed by atoms with Crippen LogP contribution < -0.4 is 4.80 Å². The van der Waals surface area contributed by atoms with E-state index in [-0.39, 0.29) is 0 Å². The predicted molar refractivity (Wildman–Crippen MR) is 120 cm³/mol. The van der Waals surface area contributed by atoms with Crippen molar-refractivity contribution in [3.05, 3.63) is 107 Å². The van der Waals surface area contributed by atoms with E-state index in [4.69, 9.17) is 21.6 Å². The van der Waals surface area contributed by atoms with Gasteiger partial charge in [-0.05, 0) is 31.2 Å². The number of nitrogens with zero attached hydrogens (tertiary/aromatic N) is 4. The van der Waals surface area contributed by atoms with Crippen molar-refractivity contribution in [1.29, 1.82) is 0 Å². The van der Waals surface area contributed by atoms with Crippen molar-refractivity contribution in [2.45, 2.75) is 12.8 Å². The summed E-state index contributed by atoms with van der Waals surface area (Å²) >= 11 is 7.46. The maximum absolute atomic E-state index is 6.15. The van der Waals surface area contributed by atoms with Crippen LogP contribution in [-0.4, -0.2) is 14.8 Å². The molecule has 4 aromatic rings. The number of aliphatic imine (C=N–C) groups is 1. The van der Waals surface area contributed by atoms with E-state index in [1.165, 1.54) is 17.1 Å². The summed E-state index contributed by atoms with van der Waals surface area (Å²) in [5, 5.41) is 0. The zero-order valence-corrected chi connectivity index (χ0v) is 17.4. The average molecular weight is 419 g/mol. The fourth-order valence-corrected chi connectivity index (χ4v) is 3.85. The molecule has 1 heterocycles. The summed E-state index contributed by atoms with van der Waals surface area (Å²) in [4.78, 5) is 10.4. The molecule has 0 aliphatic carbocycles. The maximum atomic E-state index is 6.15. The molecule has 0 atom stereocenters. The van der Waals surface area contributed by atoms with Crippen molar-refractivity contribution in [3.8, 4) is 5.69 Å². The van der Waals surface area contributed by atoms with Crippen LogP contribution in [0.2, 0.25) is 0 Å². The largest absolute Gasteiger partial charge is 0.271 e. The summed E-state index contributed by atoms with van der Waals surface area (Å²) in [6, 6.07) is 28.0. The third-order valence-electron chi connectivity index (χ3n) is 4.32. The standard InChI is InChI=1S/C23H19ClN4S/c1-17-12-14-18(15-13-17)22(25-19-8-4-2-5-9-19)26-23-28(21(16-24)27-29-23)20-10-6-3-7-11-20/h2-15H,16H2,1H3. The van der Waals surface area contributed by atoms with Gasteiger partial charge in [-0.3, -0.25) is 4.57 Å². The van der Waals surface area contributed by atoms with Crippen molar-refractivity contribution in [3.63, 3.8) is 0 Å². The molecular weight excluding hydrogens is 400 g/mol. The number of amidine groups is 1. The van der Waals surface area contributed by atoms with Gasteiger partial charge in [-0.25, -0.2) is 4.99 Å². The molecule has 144 valence electrons. The lowest BCUT2D eigenvalue weighted by molar-refractivity contribution is 0.914. The maximum Gasteiger partial charge on any atom is 0.215 e. The second-order valence-corrected chi connectivity index (χ2v) is 7.43.